The number of urea groups is 1. The van der Waals surface area contributed by atoms with Crippen LogP contribution < -0.4 is 10.6 Å². The zero-order valence-electron chi connectivity index (χ0n) is 8.82. The van der Waals surface area contributed by atoms with Gasteiger partial charge in [-0.1, -0.05) is 5.16 Å². The van der Waals surface area contributed by atoms with Crippen molar-refractivity contribution in [3.63, 3.8) is 0 Å². The summed E-state index contributed by atoms with van der Waals surface area (Å²) in [5.74, 6) is -0.360. The van der Waals surface area contributed by atoms with Crippen LogP contribution in [0.4, 0.5) is 4.79 Å². The first-order valence-electron chi connectivity index (χ1n) is 4.77. The highest BCUT2D eigenvalue weighted by atomic mass is 16.6. The van der Waals surface area contributed by atoms with Gasteiger partial charge in [-0.05, 0) is 18.8 Å². The van der Waals surface area contributed by atoms with E-state index >= 15 is 0 Å². The lowest BCUT2D eigenvalue weighted by Crippen LogP contribution is -2.43. The second kappa shape index (κ2) is 5.70. The zero-order chi connectivity index (χ0) is 12.0. The van der Waals surface area contributed by atoms with Crippen molar-refractivity contribution in [3.8, 4) is 6.07 Å². The first kappa shape index (κ1) is 12.0. The molecule has 1 aliphatic carbocycles. The van der Waals surface area contributed by atoms with Crippen molar-refractivity contribution in [2.45, 2.75) is 12.8 Å². The van der Waals surface area contributed by atoms with E-state index in [0.717, 1.165) is 12.8 Å². The molecule has 7 nitrogen and oxygen atoms in total. The molecule has 0 bridgehead atoms. The smallest absolute Gasteiger partial charge is 0.321 e. The van der Waals surface area contributed by atoms with Gasteiger partial charge in [0, 0.05) is 6.54 Å². The van der Waals surface area contributed by atoms with Crippen molar-refractivity contribution >= 4 is 17.6 Å². The molecule has 0 heterocycles. The fourth-order valence-corrected chi connectivity index (χ4v) is 0.969. The zero-order valence-corrected chi connectivity index (χ0v) is 8.82. The topological polar surface area (TPSA) is 104 Å². The summed E-state index contributed by atoms with van der Waals surface area (Å²) in [7, 11) is 1.21. The van der Waals surface area contributed by atoms with E-state index in [1.807, 2.05) is 5.32 Å². The van der Waals surface area contributed by atoms with Gasteiger partial charge in [-0.3, -0.25) is 10.1 Å². The molecule has 0 radical (unpaired) electrons. The van der Waals surface area contributed by atoms with Crippen molar-refractivity contribution in [3.05, 3.63) is 0 Å². The molecule has 2 N–H and O–H groups in total. The molecule has 86 valence electrons. The summed E-state index contributed by atoms with van der Waals surface area (Å²) in [6.45, 7) is 0.544. The number of imide groups is 1. The maximum Gasteiger partial charge on any atom is 0.321 e. The van der Waals surface area contributed by atoms with Gasteiger partial charge in [-0.15, -0.1) is 0 Å². The summed E-state index contributed by atoms with van der Waals surface area (Å²) in [6, 6.07) is 0.890. The summed E-state index contributed by atoms with van der Waals surface area (Å²) in [5.41, 5.74) is -0.496. The lowest BCUT2D eigenvalue weighted by Gasteiger charge is -2.03. The average Bonchev–Trinajstić information content (AvgIpc) is 3.06. The molecule has 0 spiro atoms. The van der Waals surface area contributed by atoms with E-state index in [0.29, 0.717) is 12.5 Å². The van der Waals surface area contributed by atoms with E-state index in [-0.39, 0.29) is 0 Å². The van der Waals surface area contributed by atoms with Crippen molar-refractivity contribution in [2.75, 3.05) is 13.7 Å². The summed E-state index contributed by atoms with van der Waals surface area (Å²) in [5, 5.41) is 16.2. The molecule has 0 unspecified atom stereocenters. The van der Waals surface area contributed by atoms with Crippen LogP contribution in [0.15, 0.2) is 5.16 Å². The number of carbonyl (C=O) groups excluding carboxylic acids is 2. The Balaban J connectivity index is 2.34. The second-order valence-electron chi connectivity index (χ2n) is 3.34. The molecule has 3 amide bonds. The van der Waals surface area contributed by atoms with Gasteiger partial charge in [-0.2, -0.15) is 5.26 Å². The molecule has 1 saturated carbocycles. The quantitative estimate of drug-likeness (QED) is 0.507. The van der Waals surface area contributed by atoms with E-state index in [1.165, 1.54) is 13.2 Å². The molecule has 1 rings (SSSR count). The first-order valence-corrected chi connectivity index (χ1v) is 4.77. The van der Waals surface area contributed by atoms with E-state index in [2.05, 4.69) is 15.3 Å². The Kier molecular flexibility index (Phi) is 4.27. The van der Waals surface area contributed by atoms with E-state index in [1.54, 1.807) is 0 Å². The highest BCUT2D eigenvalue weighted by molar-refractivity contribution is 6.46. The summed E-state index contributed by atoms with van der Waals surface area (Å²) < 4.78 is 0. The SMILES string of the molecule is CO/N=C(/C#N)C(=O)NC(=O)NCC1CC1. The third kappa shape index (κ3) is 3.96. The molecule has 1 aliphatic rings. The third-order valence-electron chi connectivity index (χ3n) is 1.98. The molecule has 0 atom stereocenters. The van der Waals surface area contributed by atoms with Gasteiger partial charge >= 0.3 is 6.03 Å². The van der Waals surface area contributed by atoms with Crippen molar-refractivity contribution in [2.24, 2.45) is 11.1 Å². The molecular weight excluding hydrogens is 212 g/mol. The van der Waals surface area contributed by atoms with Gasteiger partial charge in [0.15, 0.2) is 0 Å². The third-order valence-corrected chi connectivity index (χ3v) is 1.98. The number of nitrogens with zero attached hydrogens (tertiary/aromatic N) is 2. The van der Waals surface area contributed by atoms with Crippen LogP contribution in [0.25, 0.3) is 0 Å². The minimum atomic E-state index is -0.877. The monoisotopic (exact) mass is 224 g/mol. The number of amides is 3. The number of carbonyl (C=O) groups is 2. The summed E-state index contributed by atoms with van der Waals surface area (Å²) in [4.78, 5) is 26.7. The fourth-order valence-electron chi connectivity index (χ4n) is 0.969. The molecule has 0 aromatic rings. The van der Waals surface area contributed by atoms with Crippen LogP contribution in [0.1, 0.15) is 12.8 Å². The van der Waals surface area contributed by atoms with E-state index in [4.69, 9.17) is 5.26 Å². The van der Waals surface area contributed by atoms with Crippen LogP contribution in [0, 0.1) is 17.2 Å². The van der Waals surface area contributed by atoms with Gasteiger partial charge < -0.3 is 10.2 Å². The molecule has 0 aliphatic heterocycles. The van der Waals surface area contributed by atoms with Crippen LogP contribution in [0.5, 0.6) is 0 Å². The Labute approximate surface area is 92.4 Å². The lowest BCUT2D eigenvalue weighted by atomic mass is 10.4. The number of hydrogen-bond acceptors (Lipinski definition) is 5. The van der Waals surface area contributed by atoms with Crippen LogP contribution in [0.3, 0.4) is 0 Å². The minimum absolute atomic E-state index is 0.496. The Morgan fingerprint density at radius 2 is 2.25 bits per heavy atom. The minimum Gasteiger partial charge on any atom is -0.398 e. The van der Waals surface area contributed by atoms with Crippen LogP contribution in [-0.2, 0) is 9.63 Å². The predicted molar refractivity (Wildman–Crippen MR) is 54.3 cm³/mol. The fraction of sp³-hybridized carbons (Fsp3) is 0.556. The summed E-state index contributed by atoms with van der Waals surface area (Å²) >= 11 is 0. The summed E-state index contributed by atoms with van der Waals surface area (Å²) in [6.07, 6.45) is 2.20. The maximum atomic E-state index is 11.2. The lowest BCUT2D eigenvalue weighted by molar-refractivity contribution is -0.113. The Morgan fingerprint density at radius 1 is 1.56 bits per heavy atom. The molecule has 0 aromatic carbocycles. The second-order valence-corrected chi connectivity index (χ2v) is 3.34. The molecule has 16 heavy (non-hydrogen) atoms. The van der Waals surface area contributed by atoms with Crippen LogP contribution >= 0.6 is 0 Å². The first-order chi connectivity index (χ1) is 7.67. The van der Waals surface area contributed by atoms with Gasteiger partial charge in [0.05, 0.1) is 0 Å². The van der Waals surface area contributed by atoms with E-state index < -0.39 is 17.6 Å². The number of oxime groups is 1. The van der Waals surface area contributed by atoms with Crippen molar-refractivity contribution < 1.29 is 14.4 Å². The van der Waals surface area contributed by atoms with Gasteiger partial charge in [0.25, 0.3) is 5.91 Å². The molecule has 7 heteroatoms. The normalized spacial score (nSPS) is 14.9. The number of hydrogen-bond donors (Lipinski definition) is 2. The van der Waals surface area contributed by atoms with Gasteiger partial charge in [0.1, 0.15) is 13.2 Å². The number of nitrogens with one attached hydrogen (secondary N) is 2. The standard InChI is InChI=1S/C9H12N4O3/c1-16-13-7(4-10)8(14)12-9(15)11-5-6-2-3-6/h6H,2-3,5H2,1H3,(H2,11,12,14,15)/b13-7-. The van der Waals surface area contributed by atoms with Crippen LogP contribution in [-0.4, -0.2) is 31.3 Å². The molecular formula is C9H12N4O3. The highest BCUT2D eigenvalue weighted by Gasteiger charge is 2.22. The largest absolute Gasteiger partial charge is 0.398 e. The predicted octanol–water partition coefficient (Wildman–Crippen LogP) is -0.252. The molecule has 0 aromatic heterocycles. The Hall–Kier alpha value is -2.10. The molecule has 1 fully saturated rings. The number of nitriles is 1. The van der Waals surface area contributed by atoms with Crippen molar-refractivity contribution in [1.29, 1.82) is 5.26 Å². The van der Waals surface area contributed by atoms with Crippen LogP contribution in [0.2, 0.25) is 0 Å². The Bertz CT molecular complexity index is 354. The maximum absolute atomic E-state index is 11.2. The average molecular weight is 224 g/mol. The number of rotatable bonds is 4. The Morgan fingerprint density at radius 3 is 2.75 bits per heavy atom. The van der Waals surface area contributed by atoms with Gasteiger partial charge in [0.2, 0.25) is 5.71 Å². The highest BCUT2D eigenvalue weighted by Crippen LogP contribution is 2.27. The molecule has 0 saturated heterocycles. The van der Waals surface area contributed by atoms with E-state index in [9.17, 15) is 9.59 Å². The van der Waals surface area contributed by atoms with Crippen molar-refractivity contribution in [1.82, 2.24) is 10.6 Å². The van der Waals surface area contributed by atoms with Gasteiger partial charge in [-0.25, -0.2) is 4.79 Å².